The first kappa shape index (κ1) is 13.6. The fourth-order valence-electron chi connectivity index (χ4n) is 7.34. The first-order chi connectivity index (χ1) is 9.56. The van der Waals surface area contributed by atoms with Gasteiger partial charge < -0.3 is 5.73 Å². The molecule has 4 saturated carbocycles. The van der Waals surface area contributed by atoms with Crippen molar-refractivity contribution in [2.75, 3.05) is 0 Å². The normalized spacial score (nSPS) is 58.6. The van der Waals surface area contributed by atoms with Crippen LogP contribution in [0.3, 0.4) is 0 Å². The minimum atomic E-state index is 0.485. The average Bonchev–Trinajstić information content (AvgIpc) is 2.74. The molecule has 4 rings (SSSR count). The van der Waals surface area contributed by atoms with Gasteiger partial charge in [0.25, 0.3) is 0 Å². The highest BCUT2D eigenvalue weighted by Gasteiger charge is 2.58. The monoisotopic (exact) mass is 275 g/mol. The van der Waals surface area contributed by atoms with Gasteiger partial charge in [-0.3, -0.25) is 0 Å². The zero-order valence-corrected chi connectivity index (χ0v) is 13.5. The number of nitrogens with two attached hydrogens (primary N) is 1. The van der Waals surface area contributed by atoms with Crippen LogP contribution in [0.1, 0.15) is 78.1 Å². The second-order valence-electron chi connectivity index (χ2n) is 9.13. The topological polar surface area (TPSA) is 26.0 Å². The van der Waals surface area contributed by atoms with Gasteiger partial charge in [-0.25, -0.2) is 0 Å². The Labute approximate surface area is 125 Å². The summed E-state index contributed by atoms with van der Waals surface area (Å²) in [6.07, 6.45) is 14.7. The molecule has 0 aromatic carbocycles. The summed E-state index contributed by atoms with van der Waals surface area (Å²) in [5.41, 5.74) is 7.69. The first-order valence-electron chi connectivity index (χ1n) is 9.31. The van der Waals surface area contributed by atoms with Crippen LogP contribution in [0.25, 0.3) is 0 Å². The number of hydrogen-bond acceptors (Lipinski definition) is 1. The van der Waals surface area contributed by atoms with Crippen LogP contribution in [-0.4, -0.2) is 6.04 Å². The molecule has 0 aromatic heterocycles. The fourth-order valence-corrected chi connectivity index (χ4v) is 7.34. The highest BCUT2D eigenvalue weighted by Crippen LogP contribution is 2.65. The maximum absolute atomic E-state index is 6.51. The summed E-state index contributed by atoms with van der Waals surface area (Å²) in [5.74, 6) is 4.06. The number of fused-ring (bicyclic) bond motifs is 5. The van der Waals surface area contributed by atoms with Crippen LogP contribution in [0.15, 0.2) is 0 Å². The lowest BCUT2D eigenvalue weighted by Crippen LogP contribution is -2.54. The summed E-state index contributed by atoms with van der Waals surface area (Å²) in [4.78, 5) is 0. The van der Waals surface area contributed by atoms with Crippen molar-refractivity contribution in [3.05, 3.63) is 0 Å². The molecule has 0 bridgehead atoms. The predicted octanol–water partition coefficient (Wildman–Crippen LogP) is 4.75. The summed E-state index contributed by atoms with van der Waals surface area (Å²) >= 11 is 0. The quantitative estimate of drug-likeness (QED) is 0.678. The Bertz CT molecular complexity index is 391. The molecule has 20 heavy (non-hydrogen) atoms. The van der Waals surface area contributed by atoms with Crippen LogP contribution in [-0.2, 0) is 0 Å². The minimum absolute atomic E-state index is 0.485. The van der Waals surface area contributed by atoms with E-state index in [1.807, 2.05) is 0 Å². The number of rotatable bonds is 0. The van der Waals surface area contributed by atoms with E-state index >= 15 is 0 Å². The van der Waals surface area contributed by atoms with Crippen molar-refractivity contribution in [3.63, 3.8) is 0 Å². The molecular formula is C19H33N. The van der Waals surface area contributed by atoms with Crippen molar-refractivity contribution < 1.29 is 0 Å². The molecule has 4 fully saturated rings. The Hall–Kier alpha value is -0.0400. The van der Waals surface area contributed by atoms with Crippen molar-refractivity contribution in [2.24, 2.45) is 40.2 Å². The van der Waals surface area contributed by atoms with Gasteiger partial charge in [-0.05, 0) is 85.9 Å². The van der Waals surface area contributed by atoms with Gasteiger partial charge in [0, 0.05) is 6.04 Å². The standard InChI is InChI=1S/C19H33N/c1-18-11-4-3-5-13(18)6-7-14-15-8-9-17(20)19(15,2)12-10-16(14)18/h13-17H,3-12,20H2,1-2H3/t13-,14+,15+,16+,17+,18+,19+/m1/s1. The summed E-state index contributed by atoms with van der Waals surface area (Å²) in [7, 11) is 0. The Morgan fingerprint density at radius 2 is 1.55 bits per heavy atom. The molecule has 4 aliphatic carbocycles. The third kappa shape index (κ3) is 1.65. The van der Waals surface area contributed by atoms with Gasteiger partial charge in [0.05, 0.1) is 0 Å². The van der Waals surface area contributed by atoms with Gasteiger partial charge in [-0.15, -0.1) is 0 Å². The number of hydrogen-bond donors (Lipinski definition) is 1. The lowest BCUT2D eigenvalue weighted by Gasteiger charge is -2.60. The molecule has 0 radical (unpaired) electrons. The van der Waals surface area contributed by atoms with E-state index in [2.05, 4.69) is 13.8 Å². The smallest absolute Gasteiger partial charge is 0.00957 e. The Morgan fingerprint density at radius 3 is 2.40 bits per heavy atom. The summed E-state index contributed by atoms with van der Waals surface area (Å²) in [6, 6.07) is 0.491. The molecule has 0 amide bonds. The zero-order valence-electron chi connectivity index (χ0n) is 13.5. The Morgan fingerprint density at radius 1 is 0.750 bits per heavy atom. The van der Waals surface area contributed by atoms with Crippen LogP contribution in [0.2, 0.25) is 0 Å². The molecule has 1 heteroatoms. The van der Waals surface area contributed by atoms with E-state index in [4.69, 9.17) is 5.73 Å². The fraction of sp³-hybridized carbons (Fsp3) is 1.00. The minimum Gasteiger partial charge on any atom is -0.327 e. The third-order valence-corrected chi connectivity index (χ3v) is 8.66. The van der Waals surface area contributed by atoms with E-state index in [0.29, 0.717) is 16.9 Å². The van der Waals surface area contributed by atoms with Crippen molar-refractivity contribution in [1.82, 2.24) is 0 Å². The van der Waals surface area contributed by atoms with Crippen molar-refractivity contribution >= 4 is 0 Å². The first-order valence-corrected chi connectivity index (χ1v) is 9.31. The Balaban J connectivity index is 1.64. The van der Waals surface area contributed by atoms with Crippen LogP contribution < -0.4 is 5.73 Å². The van der Waals surface area contributed by atoms with Gasteiger partial charge in [-0.2, -0.15) is 0 Å². The maximum Gasteiger partial charge on any atom is 0.00957 e. The van der Waals surface area contributed by atoms with Gasteiger partial charge in [0.2, 0.25) is 0 Å². The molecular weight excluding hydrogens is 242 g/mol. The summed E-state index contributed by atoms with van der Waals surface area (Å²) < 4.78 is 0. The molecule has 0 aliphatic heterocycles. The molecule has 0 aromatic rings. The molecule has 0 heterocycles. The van der Waals surface area contributed by atoms with Crippen LogP contribution in [0.5, 0.6) is 0 Å². The third-order valence-electron chi connectivity index (χ3n) is 8.66. The van der Waals surface area contributed by atoms with Gasteiger partial charge >= 0.3 is 0 Å². The molecule has 1 nitrogen and oxygen atoms in total. The van der Waals surface area contributed by atoms with E-state index in [1.165, 1.54) is 64.2 Å². The van der Waals surface area contributed by atoms with Gasteiger partial charge in [-0.1, -0.05) is 26.7 Å². The average molecular weight is 275 g/mol. The largest absolute Gasteiger partial charge is 0.327 e. The van der Waals surface area contributed by atoms with E-state index in [9.17, 15) is 0 Å². The highest BCUT2D eigenvalue weighted by molar-refractivity contribution is 5.09. The second-order valence-corrected chi connectivity index (χ2v) is 9.13. The predicted molar refractivity (Wildman–Crippen MR) is 84.3 cm³/mol. The van der Waals surface area contributed by atoms with E-state index < -0.39 is 0 Å². The molecule has 0 unspecified atom stereocenters. The maximum atomic E-state index is 6.51. The van der Waals surface area contributed by atoms with E-state index in [1.54, 1.807) is 0 Å². The van der Waals surface area contributed by atoms with E-state index in [-0.39, 0.29) is 0 Å². The molecule has 7 atom stereocenters. The SMILES string of the molecule is C[C@]12CCCC[C@@H]1CC[C@@H]1[C@@H]2CC[C@]2(C)[C@@H](N)CC[C@@H]12. The molecule has 2 N–H and O–H groups in total. The second kappa shape index (κ2) is 4.48. The summed E-state index contributed by atoms with van der Waals surface area (Å²) in [6.45, 7) is 5.20. The van der Waals surface area contributed by atoms with E-state index in [0.717, 1.165) is 23.7 Å². The Kier molecular flexibility index (Phi) is 3.05. The lowest BCUT2D eigenvalue weighted by molar-refractivity contribution is -0.105. The van der Waals surface area contributed by atoms with Crippen molar-refractivity contribution in [1.29, 1.82) is 0 Å². The van der Waals surface area contributed by atoms with Crippen molar-refractivity contribution in [2.45, 2.75) is 84.1 Å². The highest BCUT2D eigenvalue weighted by atomic mass is 14.8. The van der Waals surface area contributed by atoms with Crippen LogP contribution in [0.4, 0.5) is 0 Å². The van der Waals surface area contributed by atoms with Gasteiger partial charge in [0.15, 0.2) is 0 Å². The van der Waals surface area contributed by atoms with Crippen LogP contribution in [0, 0.1) is 34.5 Å². The van der Waals surface area contributed by atoms with Crippen molar-refractivity contribution in [3.8, 4) is 0 Å². The van der Waals surface area contributed by atoms with Crippen LogP contribution >= 0.6 is 0 Å². The molecule has 0 saturated heterocycles. The molecule has 4 aliphatic rings. The van der Waals surface area contributed by atoms with Gasteiger partial charge in [0.1, 0.15) is 0 Å². The zero-order chi connectivity index (χ0) is 14.0. The lowest BCUT2D eigenvalue weighted by atomic mass is 9.45. The molecule has 0 spiro atoms. The molecule has 114 valence electrons. The summed E-state index contributed by atoms with van der Waals surface area (Å²) in [5, 5.41) is 0.